The fourth-order valence-electron chi connectivity index (χ4n) is 3.29. The van der Waals surface area contributed by atoms with Gasteiger partial charge in [-0.25, -0.2) is 23.1 Å². The molecule has 3 heterocycles. The monoisotopic (exact) mass is 537 g/mol. The predicted octanol–water partition coefficient (Wildman–Crippen LogP) is 0.308. The third kappa shape index (κ3) is 6.12. The van der Waals surface area contributed by atoms with Crippen LogP contribution in [-0.4, -0.2) is 58.0 Å². The molecule has 1 fully saturated rings. The number of H-pyrrole nitrogens is 1. The Morgan fingerprint density at radius 1 is 1.30 bits per heavy atom. The quantitative estimate of drug-likeness (QED) is 0.235. The summed E-state index contributed by atoms with van der Waals surface area (Å²) in [5.74, 6) is -0.686. The molecule has 1 aliphatic heterocycles. The van der Waals surface area contributed by atoms with Crippen molar-refractivity contribution in [2.45, 2.75) is 25.2 Å². The van der Waals surface area contributed by atoms with Gasteiger partial charge in [0.1, 0.15) is 18.5 Å². The lowest BCUT2D eigenvalue weighted by molar-refractivity contribution is -0.108. The van der Waals surface area contributed by atoms with Crippen LogP contribution in [0.25, 0.3) is 11.2 Å². The van der Waals surface area contributed by atoms with Crippen LogP contribution >= 0.6 is 23.5 Å². The van der Waals surface area contributed by atoms with Gasteiger partial charge in [-0.3, -0.25) is 18.9 Å². The van der Waals surface area contributed by atoms with Crippen LogP contribution in [0.2, 0.25) is 0 Å². The van der Waals surface area contributed by atoms with Crippen LogP contribution in [0, 0.1) is 5.92 Å². The second-order valence-corrected chi connectivity index (χ2v) is 11.6. The summed E-state index contributed by atoms with van der Waals surface area (Å²) < 4.78 is 66.8. The van der Waals surface area contributed by atoms with Gasteiger partial charge < -0.3 is 30.0 Å². The Labute approximate surface area is 183 Å². The van der Waals surface area contributed by atoms with Crippen LogP contribution < -0.4 is 11.3 Å². The Bertz CT molecular complexity index is 1250. The minimum atomic E-state index is -5.73. The van der Waals surface area contributed by atoms with E-state index in [4.69, 9.17) is 20.3 Å². The summed E-state index contributed by atoms with van der Waals surface area (Å²) in [4.78, 5) is 58.0. The van der Waals surface area contributed by atoms with Gasteiger partial charge in [-0.15, -0.1) is 0 Å². The Kier molecular flexibility index (Phi) is 7.03. The molecule has 2 aromatic heterocycles. The summed E-state index contributed by atoms with van der Waals surface area (Å²) >= 11 is 0. The number of phosphoric ester groups is 1. The molecule has 5 atom stereocenters. The number of phosphoric acid groups is 3. The fourth-order valence-corrected chi connectivity index (χ4v) is 6.38. The first-order valence-corrected chi connectivity index (χ1v) is 13.3. The maximum Gasteiger partial charge on any atom is 0.490 e. The second kappa shape index (κ2) is 8.91. The normalized spacial score (nSPS) is 27.5. The zero-order valence-electron chi connectivity index (χ0n) is 16.5. The summed E-state index contributed by atoms with van der Waals surface area (Å²) in [5, 5.41) is 0. The fraction of sp³-hybridized carbons (Fsp3) is 0.583. The highest BCUT2D eigenvalue weighted by molar-refractivity contribution is 7.66. The zero-order chi connectivity index (χ0) is 24.8. The van der Waals surface area contributed by atoms with E-state index in [1.54, 1.807) is 6.92 Å². The molecule has 33 heavy (non-hydrogen) atoms. The Morgan fingerprint density at radius 3 is 2.58 bits per heavy atom. The average Bonchev–Trinajstić information content (AvgIpc) is 3.18. The first-order valence-electron chi connectivity index (χ1n) is 8.80. The molecule has 7 N–H and O–H groups in total. The number of aromatic amines is 1. The molecule has 0 spiro atoms. The molecule has 0 aromatic carbocycles. The summed E-state index contributed by atoms with van der Waals surface area (Å²) in [6, 6.07) is 0. The minimum absolute atomic E-state index is 0.0376. The number of nitrogens with zero attached hydrogens (tertiary/aromatic N) is 3. The smallest absolute Gasteiger partial charge is 0.369 e. The number of halogens is 1. The molecular weight excluding hydrogens is 518 g/mol. The molecular formula is C12H19FN5O12P3. The number of hydrogen-bond donors (Lipinski definition) is 6. The van der Waals surface area contributed by atoms with Crippen molar-refractivity contribution < 1.29 is 55.5 Å². The highest BCUT2D eigenvalue weighted by Gasteiger charge is 2.49. The van der Waals surface area contributed by atoms with Gasteiger partial charge in [0.05, 0.1) is 12.9 Å². The third-order valence-corrected chi connectivity index (χ3v) is 8.21. The van der Waals surface area contributed by atoms with Crippen molar-refractivity contribution >= 4 is 40.6 Å². The number of anilines is 1. The number of imidazole rings is 1. The zero-order valence-corrected chi connectivity index (χ0v) is 19.2. The van der Waals surface area contributed by atoms with Crippen molar-refractivity contribution in [3.63, 3.8) is 0 Å². The lowest BCUT2D eigenvalue weighted by atomic mass is 9.96. The summed E-state index contributed by atoms with van der Waals surface area (Å²) in [6.07, 6.45) is 0.149. The molecule has 2 unspecified atom stereocenters. The first-order chi connectivity index (χ1) is 15.1. The molecule has 0 aliphatic carbocycles. The molecule has 0 radical (unpaired) electrons. The van der Waals surface area contributed by atoms with Crippen LogP contribution in [0.15, 0.2) is 11.1 Å². The molecule has 186 valence electrons. The number of hydrogen-bond acceptors (Lipinski definition) is 11. The largest absolute Gasteiger partial charge is 0.490 e. The van der Waals surface area contributed by atoms with Crippen LogP contribution in [0.5, 0.6) is 0 Å². The van der Waals surface area contributed by atoms with E-state index in [1.807, 2.05) is 0 Å². The van der Waals surface area contributed by atoms with Crippen LogP contribution in [0.3, 0.4) is 0 Å². The van der Waals surface area contributed by atoms with Gasteiger partial charge >= 0.3 is 23.5 Å². The molecule has 21 heteroatoms. The maximum absolute atomic E-state index is 14.0. The number of fused-ring (bicyclic) bond motifs is 1. The van der Waals surface area contributed by atoms with Crippen LogP contribution in [0.4, 0.5) is 10.3 Å². The van der Waals surface area contributed by atoms with Crippen LogP contribution in [-0.2, 0) is 31.6 Å². The highest BCUT2D eigenvalue weighted by atomic mass is 31.3. The van der Waals surface area contributed by atoms with E-state index in [0.717, 1.165) is 0 Å². The second-order valence-electron chi connectivity index (χ2n) is 7.15. The van der Waals surface area contributed by atoms with Crippen molar-refractivity contribution in [3.8, 4) is 0 Å². The molecule has 0 amide bonds. The number of ether oxygens (including phenoxy) is 1. The van der Waals surface area contributed by atoms with E-state index in [-0.39, 0.29) is 23.5 Å². The minimum Gasteiger partial charge on any atom is -0.369 e. The Morgan fingerprint density at radius 2 is 1.97 bits per heavy atom. The number of nitrogens with one attached hydrogen (secondary N) is 1. The predicted molar refractivity (Wildman–Crippen MR) is 105 cm³/mol. The lowest BCUT2D eigenvalue weighted by Gasteiger charge is -2.27. The molecule has 0 bridgehead atoms. The van der Waals surface area contributed by atoms with Gasteiger partial charge in [-0.05, 0) is 6.42 Å². The number of alkyl halides is 1. The van der Waals surface area contributed by atoms with Gasteiger partial charge in [0.25, 0.3) is 5.56 Å². The van der Waals surface area contributed by atoms with Crippen molar-refractivity contribution in [1.82, 2.24) is 19.5 Å². The van der Waals surface area contributed by atoms with Gasteiger partial charge in [-0.1, -0.05) is 6.92 Å². The van der Waals surface area contributed by atoms with Gasteiger partial charge in [0.15, 0.2) is 11.2 Å². The number of nitrogens with two attached hydrogens (primary N) is 1. The summed E-state index contributed by atoms with van der Waals surface area (Å²) in [6.45, 7) is -0.585. The van der Waals surface area contributed by atoms with E-state index < -0.39 is 60.1 Å². The van der Waals surface area contributed by atoms with E-state index in [2.05, 4.69) is 28.1 Å². The average molecular weight is 537 g/mol. The molecule has 1 saturated heterocycles. The van der Waals surface area contributed by atoms with Crippen molar-refractivity contribution in [2.24, 2.45) is 5.92 Å². The molecule has 2 aromatic rings. The van der Waals surface area contributed by atoms with E-state index in [1.165, 1.54) is 10.9 Å². The van der Waals surface area contributed by atoms with Gasteiger partial charge in [-0.2, -0.15) is 13.6 Å². The molecule has 0 saturated carbocycles. The lowest BCUT2D eigenvalue weighted by Crippen LogP contribution is -2.36. The number of aromatic nitrogens is 4. The molecule has 1 aliphatic rings. The van der Waals surface area contributed by atoms with Crippen molar-refractivity contribution in [2.75, 3.05) is 19.0 Å². The SMILES string of the molecule is C[C@H]1C[C@@](CF)(COP(=O)(O)OP(=O)(O)OP(=O)(O)O)O[C@H]1n1cnc2c(=O)[nH]c(N)nc21. The third-order valence-electron chi connectivity index (χ3n) is 4.43. The molecule has 3 rings (SSSR count). The standard InChI is InChI=1S/C12H19FN5O12P3/c1-6-2-12(3-13,4-27-32(23,24)30-33(25,26)29-31(20,21)22)28-10(6)18-5-15-7-8(18)16-11(14)17-9(7)19/h5-6,10H,2-4H2,1H3,(H,23,24)(H,25,26)(H2,20,21,22)(H3,14,16,17,19)/t6-,10+,12+/m0/s1. The van der Waals surface area contributed by atoms with Crippen molar-refractivity contribution in [3.05, 3.63) is 16.7 Å². The number of rotatable bonds is 9. The van der Waals surface area contributed by atoms with Crippen molar-refractivity contribution in [1.29, 1.82) is 0 Å². The van der Waals surface area contributed by atoms with Gasteiger partial charge in [0, 0.05) is 5.92 Å². The van der Waals surface area contributed by atoms with E-state index >= 15 is 0 Å². The maximum atomic E-state index is 14.0. The Balaban J connectivity index is 1.78. The summed E-state index contributed by atoms with van der Waals surface area (Å²) in [5.41, 5.74) is 3.05. The van der Waals surface area contributed by atoms with Crippen LogP contribution in [0.1, 0.15) is 19.6 Å². The Hall–Kier alpha value is -1.55. The molecule has 17 nitrogen and oxygen atoms in total. The highest BCUT2D eigenvalue weighted by Crippen LogP contribution is 2.66. The number of nitrogen functional groups attached to an aromatic ring is 1. The first kappa shape index (κ1) is 26.1. The van der Waals surface area contributed by atoms with E-state index in [0.29, 0.717) is 0 Å². The van der Waals surface area contributed by atoms with E-state index in [9.17, 15) is 32.7 Å². The summed E-state index contributed by atoms with van der Waals surface area (Å²) in [7, 11) is -16.8. The van der Waals surface area contributed by atoms with Gasteiger partial charge in [0.2, 0.25) is 5.95 Å². The topological polar surface area (TPSA) is 259 Å².